The van der Waals surface area contributed by atoms with Gasteiger partial charge in [0.15, 0.2) is 0 Å². The Labute approximate surface area is 109 Å². The number of hydrogen-bond acceptors (Lipinski definition) is 5. The summed E-state index contributed by atoms with van der Waals surface area (Å²) < 4.78 is 0. The van der Waals surface area contributed by atoms with Crippen LogP contribution in [0.15, 0.2) is 17.4 Å². The van der Waals surface area contributed by atoms with Crippen LogP contribution in [-0.4, -0.2) is 21.9 Å². The van der Waals surface area contributed by atoms with E-state index in [2.05, 4.69) is 23.8 Å². The van der Waals surface area contributed by atoms with Crippen molar-refractivity contribution in [2.45, 2.75) is 11.9 Å². The molecule has 0 saturated heterocycles. The molecule has 1 aromatic rings. The number of hydrogen-bond donors (Lipinski definition) is 0. The SMILES string of the molecule is O=C=O.[CH2-]c1cnc(SCC)cn1.[Na+]. The van der Waals surface area contributed by atoms with Gasteiger partial charge >= 0.3 is 35.7 Å². The van der Waals surface area contributed by atoms with E-state index in [1.807, 2.05) is 0 Å². The van der Waals surface area contributed by atoms with Gasteiger partial charge in [-0.25, -0.2) is 6.92 Å². The molecular formula is C8H9N2NaO2S. The van der Waals surface area contributed by atoms with Gasteiger partial charge in [-0.3, -0.25) is 4.98 Å². The van der Waals surface area contributed by atoms with E-state index < -0.39 is 0 Å². The minimum absolute atomic E-state index is 0. The molecule has 0 aromatic carbocycles. The molecule has 0 aliphatic carbocycles. The van der Waals surface area contributed by atoms with Crippen LogP contribution < -0.4 is 29.6 Å². The third-order valence-electron chi connectivity index (χ3n) is 0.974. The third kappa shape index (κ3) is 8.29. The van der Waals surface area contributed by atoms with Gasteiger partial charge in [0.2, 0.25) is 0 Å². The van der Waals surface area contributed by atoms with E-state index >= 15 is 0 Å². The van der Waals surface area contributed by atoms with Crippen LogP contribution in [0.5, 0.6) is 0 Å². The van der Waals surface area contributed by atoms with Crippen LogP contribution in [0, 0.1) is 6.92 Å². The molecule has 70 valence electrons. The maximum absolute atomic E-state index is 8.12. The standard InChI is InChI=1S/C7H9N2S.CO2.Na/c1-3-10-7-5-8-6(2)4-9-7;2-1-3;/h4-5H,2-3H2,1H3;;/q-1;;+1. The molecule has 0 unspecified atom stereocenters. The molecule has 0 atom stereocenters. The first-order valence-electron chi connectivity index (χ1n) is 3.50. The third-order valence-corrected chi connectivity index (χ3v) is 1.77. The second-order valence-corrected chi connectivity index (χ2v) is 3.15. The van der Waals surface area contributed by atoms with Gasteiger partial charge in [-0.05, 0) is 5.75 Å². The van der Waals surface area contributed by atoms with Gasteiger partial charge in [0.1, 0.15) is 0 Å². The average molecular weight is 220 g/mol. The molecule has 6 heteroatoms. The van der Waals surface area contributed by atoms with Gasteiger partial charge in [0.05, 0.1) is 11.2 Å². The summed E-state index contributed by atoms with van der Waals surface area (Å²) in [7, 11) is 0. The summed E-state index contributed by atoms with van der Waals surface area (Å²) in [5.41, 5.74) is 0.723. The second-order valence-electron chi connectivity index (χ2n) is 1.86. The fourth-order valence-electron chi connectivity index (χ4n) is 0.565. The number of rotatable bonds is 2. The Morgan fingerprint density at radius 1 is 1.43 bits per heavy atom. The van der Waals surface area contributed by atoms with E-state index in [1.54, 1.807) is 24.2 Å². The summed E-state index contributed by atoms with van der Waals surface area (Å²) >= 11 is 1.68. The number of nitrogens with zero attached hydrogens (tertiary/aromatic N) is 2. The van der Waals surface area contributed by atoms with E-state index in [-0.39, 0.29) is 35.7 Å². The molecule has 14 heavy (non-hydrogen) atoms. The zero-order valence-corrected chi connectivity index (χ0v) is 11.0. The monoisotopic (exact) mass is 220 g/mol. The van der Waals surface area contributed by atoms with Crippen LogP contribution in [0.1, 0.15) is 12.6 Å². The van der Waals surface area contributed by atoms with Crippen LogP contribution in [0.3, 0.4) is 0 Å². The van der Waals surface area contributed by atoms with Crippen molar-refractivity contribution in [3.8, 4) is 0 Å². The van der Waals surface area contributed by atoms with Crippen molar-refractivity contribution in [3.63, 3.8) is 0 Å². The molecule has 1 rings (SSSR count). The Balaban J connectivity index is 0. The average Bonchev–Trinajstić information content (AvgIpc) is 2.11. The Bertz CT molecular complexity index is 273. The van der Waals surface area contributed by atoms with Crippen molar-refractivity contribution >= 4 is 17.9 Å². The Morgan fingerprint density at radius 2 is 2.00 bits per heavy atom. The molecule has 0 fully saturated rings. The molecule has 0 bridgehead atoms. The van der Waals surface area contributed by atoms with Crippen molar-refractivity contribution in [1.82, 2.24) is 9.97 Å². The van der Waals surface area contributed by atoms with Crippen LogP contribution >= 0.6 is 11.8 Å². The quantitative estimate of drug-likeness (QED) is 0.334. The summed E-state index contributed by atoms with van der Waals surface area (Å²) in [6, 6.07) is 0. The van der Waals surface area contributed by atoms with Crippen molar-refractivity contribution in [2.24, 2.45) is 0 Å². The van der Waals surface area contributed by atoms with Crippen LogP contribution in [0.25, 0.3) is 0 Å². The largest absolute Gasteiger partial charge is 1.00 e. The van der Waals surface area contributed by atoms with Crippen molar-refractivity contribution in [2.75, 3.05) is 5.75 Å². The fourth-order valence-corrected chi connectivity index (χ4v) is 1.12. The Hall–Kier alpha value is -0.320. The summed E-state index contributed by atoms with van der Waals surface area (Å²) in [6.45, 7) is 5.73. The van der Waals surface area contributed by atoms with E-state index in [4.69, 9.17) is 9.59 Å². The van der Waals surface area contributed by atoms with Gasteiger partial charge in [-0.2, -0.15) is 9.59 Å². The number of carbonyl (C=O) groups excluding carboxylic acids is 2. The van der Waals surface area contributed by atoms with Gasteiger partial charge in [0, 0.05) is 0 Å². The summed E-state index contributed by atoms with van der Waals surface area (Å²) in [6.07, 6.45) is 3.68. The normalized spacial score (nSPS) is 7.50. The van der Waals surface area contributed by atoms with Gasteiger partial charge in [-0.15, -0.1) is 11.8 Å². The zero-order chi connectivity index (χ0) is 10.1. The fraction of sp³-hybridized carbons (Fsp3) is 0.250. The number of aromatic nitrogens is 2. The molecule has 1 aromatic heterocycles. The van der Waals surface area contributed by atoms with Crippen molar-refractivity contribution < 1.29 is 39.1 Å². The Morgan fingerprint density at radius 3 is 2.36 bits per heavy atom. The molecule has 4 nitrogen and oxygen atoms in total. The van der Waals surface area contributed by atoms with Crippen LogP contribution in [0.4, 0.5) is 0 Å². The first-order chi connectivity index (χ1) is 6.24. The zero-order valence-electron chi connectivity index (χ0n) is 8.19. The summed E-state index contributed by atoms with van der Waals surface area (Å²) in [4.78, 5) is 24.4. The van der Waals surface area contributed by atoms with Gasteiger partial charge in [0.25, 0.3) is 0 Å². The maximum atomic E-state index is 8.12. The molecular weight excluding hydrogens is 211 g/mol. The predicted molar refractivity (Wildman–Crippen MR) is 47.9 cm³/mol. The molecule has 0 saturated carbocycles. The van der Waals surface area contributed by atoms with Crippen LogP contribution in [-0.2, 0) is 9.59 Å². The molecule has 1 heterocycles. The molecule has 0 N–H and O–H groups in total. The van der Waals surface area contributed by atoms with Crippen molar-refractivity contribution in [3.05, 3.63) is 25.0 Å². The van der Waals surface area contributed by atoms with Crippen molar-refractivity contribution in [1.29, 1.82) is 0 Å². The van der Waals surface area contributed by atoms with E-state index in [1.165, 1.54) is 0 Å². The second kappa shape index (κ2) is 10.8. The van der Waals surface area contributed by atoms with Gasteiger partial charge < -0.3 is 4.98 Å². The Kier molecular flexibility index (Phi) is 12.4. The molecule has 0 radical (unpaired) electrons. The van der Waals surface area contributed by atoms with E-state index in [9.17, 15) is 0 Å². The first-order valence-corrected chi connectivity index (χ1v) is 4.49. The van der Waals surface area contributed by atoms with Gasteiger partial charge in [-0.1, -0.05) is 18.8 Å². The molecule has 0 amide bonds. The predicted octanol–water partition coefficient (Wildman–Crippen LogP) is -1.81. The van der Waals surface area contributed by atoms with E-state index in [0.717, 1.165) is 16.5 Å². The number of thioether (sulfide) groups is 1. The minimum Gasteiger partial charge on any atom is -0.343 e. The maximum Gasteiger partial charge on any atom is 1.00 e. The summed E-state index contributed by atoms with van der Waals surface area (Å²) in [5, 5.41) is 0.968. The molecule has 0 aliphatic rings. The smallest absolute Gasteiger partial charge is 0.343 e. The topological polar surface area (TPSA) is 59.9 Å². The van der Waals surface area contributed by atoms with E-state index in [0.29, 0.717) is 0 Å². The minimum atomic E-state index is 0. The molecule has 0 spiro atoms. The summed E-state index contributed by atoms with van der Waals surface area (Å²) in [5.74, 6) is 1.03. The van der Waals surface area contributed by atoms with Crippen LogP contribution in [0.2, 0.25) is 0 Å². The molecule has 0 aliphatic heterocycles. The first kappa shape index (κ1) is 16.1.